The molecule has 0 aliphatic rings. The van der Waals surface area contributed by atoms with Gasteiger partial charge in [-0.15, -0.1) is 0 Å². The van der Waals surface area contributed by atoms with Gasteiger partial charge >= 0.3 is 0 Å². The molecular formula is C16H31N3O3. The minimum atomic E-state index is -0.673. The zero-order valence-electron chi connectivity index (χ0n) is 14.3. The van der Waals surface area contributed by atoms with Crippen LogP contribution in [0.2, 0.25) is 0 Å². The molecule has 128 valence electrons. The van der Waals surface area contributed by atoms with Crippen molar-refractivity contribution in [3.63, 3.8) is 0 Å². The number of nitrogens with one attached hydrogen (secondary N) is 2. The maximum atomic E-state index is 12.3. The van der Waals surface area contributed by atoms with Gasteiger partial charge in [-0.25, -0.2) is 0 Å². The van der Waals surface area contributed by atoms with Crippen LogP contribution in [-0.2, 0) is 14.4 Å². The fourth-order valence-electron chi connectivity index (χ4n) is 2.28. The summed E-state index contributed by atoms with van der Waals surface area (Å²) in [4.78, 5) is 35.0. The summed E-state index contributed by atoms with van der Waals surface area (Å²) < 4.78 is 0. The lowest BCUT2D eigenvalue weighted by Gasteiger charge is -2.22. The second-order valence-electron chi connectivity index (χ2n) is 6.20. The first-order valence-corrected chi connectivity index (χ1v) is 8.14. The molecule has 0 aromatic carbocycles. The van der Waals surface area contributed by atoms with Gasteiger partial charge in [0.25, 0.3) is 0 Å². The number of hydrogen-bond donors (Lipinski definition) is 3. The number of unbranched alkanes of at least 4 members (excludes halogenated alkanes) is 3. The van der Waals surface area contributed by atoms with E-state index in [1.165, 1.54) is 6.92 Å². The molecule has 0 rings (SSSR count). The monoisotopic (exact) mass is 313 g/mol. The normalized spacial score (nSPS) is 13.5. The Kier molecular flexibility index (Phi) is 10.2. The lowest BCUT2D eigenvalue weighted by Crippen LogP contribution is -2.53. The Bertz CT molecular complexity index is 370. The standard InChI is InChI=1S/C16H31N3O3/c1-5-6-7-8-9-13(15(17)21)19-16(22)14(10-11(2)3)18-12(4)20/h11,13-14H,5-10H2,1-4H3,(H2,17,21)(H,18,20)(H,19,22)/t13-,14-/m0/s1. The highest BCUT2D eigenvalue weighted by Crippen LogP contribution is 2.08. The van der Waals surface area contributed by atoms with Crippen molar-refractivity contribution in [1.82, 2.24) is 10.6 Å². The summed E-state index contributed by atoms with van der Waals surface area (Å²) in [5, 5.41) is 5.30. The Morgan fingerprint density at radius 1 is 1.00 bits per heavy atom. The van der Waals surface area contributed by atoms with Gasteiger partial charge in [0.05, 0.1) is 0 Å². The lowest BCUT2D eigenvalue weighted by atomic mass is 10.0. The highest BCUT2D eigenvalue weighted by Gasteiger charge is 2.25. The largest absolute Gasteiger partial charge is 0.368 e. The van der Waals surface area contributed by atoms with Gasteiger partial charge in [0, 0.05) is 6.92 Å². The number of nitrogens with two attached hydrogens (primary N) is 1. The van der Waals surface area contributed by atoms with Crippen molar-refractivity contribution in [2.45, 2.75) is 78.3 Å². The van der Waals surface area contributed by atoms with Crippen molar-refractivity contribution in [1.29, 1.82) is 0 Å². The molecule has 0 saturated heterocycles. The predicted octanol–water partition coefficient (Wildman–Crippen LogP) is 1.48. The van der Waals surface area contributed by atoms with E-state index in [1.807, 2.05) is 13.8 Å². The fourth-order valence-corrected chi connectivity index (χ4v) is 2.28. The molecule has 3 amide bonds. The molecule has 0 aromatic rings. The Hall–Kier alpha value is -1.59. The average molecular weight is 313 g/mol. The molecule has 4 N–H and O–H groups in total. The molecule has 22 heavy (non-hydrogen) atoms. The molecule has 0 aliphatic carbocycles. The van der Waals surface area contributed by atoms with Gasteiger partial charge in [-0.3, -0.25) is 14.4 Å². The van der Waals surface area contributed by atoms with Crippen LogP contribution in [0.4, 0.5) is 0 Å². The summed E-state index contributed by atoms with van der Waals surface area (Å²) in [6.07, 6.45) is 5.12. The molecule has 0 fully saturated rings. The first-order chi connectivity index (χ1) is 10.3. The summed E-state index contributed by atoms with van der Waals surface area (Å²) in [6.45, 7) is 7.42. The van der Waals surface area contributed by atoms with Crippen LogP contribution < -0.4 is 16.4 Å². The molecule has 2 atom stereocenters. The van der Waals surface area contributed by atoms with Crippen LogP contribution in [0.25, 0.3) is 0 Å². The summed E-state index contributed by atoms with van der Waals surface area (Å²) in [5.74, 6) is -0.891. The number of carbonyl (C=O) groups is 3. The van der Waals surface area contributed by atoms with Crippen LogP contribution in [0.3, 0.4) is 0 Å². The van der Waals surface area contributed by atoms with E-state index in [9.17, 15) is 14.4 Å². The smallest absolute Gasteiger partial charge is 0.243 e. The summed E-state index contributed by atoms with van der Waals surface area (Å²) in [6, 6.07) is -1.30. The molecule has 0 radical (unpaired) electrons. The number of rotatable bonds is 11. The minimum Gasteiger partial charge on any atom is -0.368 e. The molecule has 0 heterocycles. The third kappa shape index (κ3) is 9.37. The SMILES string of the molecule is CCCCCC[C@H](NC(=O)[C@H](CC(C)C)NC(C)=O)C(N)=O. The molecule has 0 spiro atoms. The lowest BCUT2D eigenvalue weighted by molar-refractivity contribution is -0.131. The van der Waals surface area contributed by atoms with Crippen LogP contribution in [0.15, 0.2) is 0 Å². The van der Waals surface area contributed by atoms with Gasteiger partial charge in [-0.1, -0.05) is 46.5 Å². The first kappa shape index (κ1) is 20.4. The summed E-state index contributed by atoms with van der Waals surface area (Å²) in [5.41, 5.74) is 5.36. The van der Waals surface area contributed by atoms with Crippen molar-refractivity contribution in [2.75, 3.05) is 0 Å². The molecule has 0 aromatic heterocycles. The predicted molar refractivity (Wildman–Crippen MR) is 86.9 cm³/mol. The maximum absolute atomic E-state index is 12.3. The van der Waals surface area contributed by atoms with Gasteiger partial charge in [0.15, 0.2) is 0 Å². The zero-order chi connectivity index (χ0) is 17.1. The Morgan fingerprint density at radius 2 is 1.64 bits per heavy atom. The second-order valence-corrected chi connectivity index (χ2v) is 6.20. The number of primary amides is 1. The third-order valence-electron chi connectivity index (χ3n) is 3.41. The van der Waals surface area contributed by atoms with E-state index in [0.29, 0.717) is 12.8 Å². The molecule has 6 heteroatoms. The van der Waals surface area contributed by atoms with Crippen molar-refractivity contribution < 1.29 is 14.4 Å². The average Bonchev–Trinajstić information content (AvgIpc) is 2.39. The van der Waals surface area contributed by atoms with E-state index >= 15 is 0 Å². The van der Waals surface area contributed by atoms with Gasteiger partial charge < -0.3 is 16.4 Å². The fraction of sp³-hybridized carbons (Fsp3) is 0.812. The quantitative estimate of drug-likeness (QED) is 0.503. The number of amides is 3. The topological polar surface area (TPSA) is 101 Å². The first-order valence-electron chi connectivity index (χ1n) is 8.14. The highest BCUT2D eigenvalue weighted by molar-refractivity contribution is 5.91. The van der Waals surface area contributed by atoms with Gasteiger partial charge in [-0.05, 0) is 18.8 Å². The van der Waals surface area contributed by atoms with E-state index in [1.54, 1.807) is 0 Å². The minimum absolute atomic E-state index is 0.249. The summed E-state index contributed by atoms with van der Waals surface area (Å²) in [7, 11) is 0. The van der Waals surface area contributed by atoms with Crippen molar-refractivity contribution in [3.8, 4) is 0 Å². The Morgan fingerprint density at radius 3 is 2.09 bits per heavy atom. The van der Waals surface area contributed by atoms with Crippen LogP contribution >= 0.6 is 0 Å². The van der Waals surface area contributed by atoms with E-state index in [-0.39, 0.29) is 17.7 Å². The summed E-state index contributed by atoms with van der Waals surface area (Å²) >= 11 is 0. The molecule has 6 nitrogen and oxygen atoms in total. The van der Waals surface area contributed by atoms with Crippen LogP contribution in [0.5, 0.6) is 0 Å². The van der Waals surface area contributed by atoms with Crippen LogP contribution in [0, 0.1) is 5.92 Å². The molecule has 0 saturated carbocycles. The van der Waals surface area contributed by atoms with E-state index < -0.39 is 18.0 Å². The van der Waals surface area contributed by atoms with Gasteiger partial charge in [-0.2, -0.15) is 0 Å². The Balaban J connectivity index is 4.60. The number of carbonyl (C=O) groups excluding carboxylic acids is 3. The van der Waals surface area contributed by atoms with Crippen molar-refractivity contribution in [3.05, 3.63) is 0 Å². The second kappa shape index (κ2) is 11.0. The van der Waals surface area contributed by atoms with E-state index in [4.69, 9.17) is 5.73 Å². The van der Waals surface area contributed by atoms with Gasteiger partial charge in [0.2, 0.25) is 17.7 Å². The Labute approximate surface area is 133 Å². The number of hydrogen-bond acceptors (Lipinski definition) is 3. The maximum Gasteiger partial charge on any atom is 0.243 e. The molecule has 0 bridgehead atoms. The van der Waals surface area contributed by atoms with Crippen molar-refractivity contribution >= 4 is 17.7 Å². The van der Waals surface area contributed by atoms with E-state index in [2.05, 4.69) is 17.6 Å². The van der Waals surface area contributed by atoms with Crippen LogP contribution in [-0.4, -0.2) is 29.8 Å². The van der Waals surface area contributed by atoms with Gasteiger partial charge in [0.1, 0.15) is 12.1 Å². The highest BCUT2D eigenvalue weighted by atomic mass is 16.2. The van der Waals surface area contributed by atoms with E-state index in [0.717, 1.165) is 25.7 Å². The third-order valence-corrected chi connectivity index (χ3v) is 3.41. The zero-order valence-corrected chi connectivity index (χ0v) is 14.3. The van der Waals surface area contributed by atoms with Crippen LogP contribution in [0.1, 0.15) is 66.2 Å². The van der Waals surface area contributed by atoms with Crippen molar-refractivity contribution in [2.24, 2.45) is 11.7 Å². The molecular weight excluding hydrogens is 282 g/mol. The molecule has 0 aliphatic heterocycles. The molecule has 0 unspecified atom stereocenters.